The van der Waals surface area contributed by atoms with Crippen LogP contribution in [0.25, 0.3) is 11.3 Å². The van der Waals surface area contributed by atoms with Gasteiger partial charge in [0, 0.05) is 35.2 Å². The molecule has 10 heteroatoms. The highest BCUT2D eigenvalue weighted by Crippen LogP contribution is 2.25. The molecule has 1 aromatic heterocycles. The fourth-order valence-electron chi connectivity index (χ4n) is 3.72. The summed E-state index contributed by atoms with van der Waals surface area (Å²) in [7, 11) is 0. The number of aliphatic hydroxyl groups excluding tert-OH is 1. The number of piperidine rings is 1. The molecule has 3 heterocycles. The molecular weight excluding hydrogens is 403 g/mol. The van der Waals surface area contributed by atoms with Crippen molar-refractivity contribution in [1.29, 1.82) is 0 Å². The molecule has 3 unspecified atom stereocenters. The van der Waals surface area contributed by atoms with Crippen molar-refractivity contribution in [3.8, 4) is 11.3 Å². The van der Waals surface area contributed by atoms with Crippen molar-refractivity contribution >= 4 is 35.7 Å². The summed E-state index contributed by atoms with van der Waals surface area (Å²) < 4.78 is 1.61. The number of anilines is 1. The van der Waals surface area contributed by atoms with Crippen LogP contribution >= 0.6 is 24.0 Å². The van der Waals surface area contributed by atoms with Crippen LogP contribution in [0.4, 0.5) is 5.82 Å². The van der Waals surface area contributed by atoms with Crippen LogP contribution in [0, 0.1) is 5.92 Å². The number of rotatable bonds is 5. The summed E-state index contributed by atoms with van der Waals surface area (Å²) in [4.78, 5) is 12.9. The van der Waals surface area contributed by atoms with Gasteiger partial charge in [0.25, 0.3) is 0 Å². The molecule has 2 fully saturated rings. The van der Waals surface area contributed by atoms with E-state index in [1.165, 1.54) is 0 Å². The Labute approximate surface area is 174 Å². The van der Waals surface area contributed by atoms with E-state index in [0.717, 1.165) is 25.1 Å². The van der Waals surface area contributed by atoms with Crippen molar-refractivity contribution in [2.75, 3.05) is 25.0 Å². The summed E-state index contributed by atoms with van der Waals surface area (Å²) in [6, 6.07) is 9.14. The second-order valence-electron chi connectivity index (χ2n) is 6.89. The van der Waals surface area contributed by atoms with Gasteiger partial charge in [0.05, 0.1) is 18.8 Å². The number of carbonyl (C=O) groups excluding carboxylic acids is 1. The third-order valence-corrected chi connectivity index (χ3v) is 5.40. The standard InChI is InChI=1S/C18H23ClN6O2.ClH/c19-12-3-1-11(2-4-12)15-9-16(25(24-15)7-8-26)21-18(27)17-13-10-20-6-5-14(13)22-23-17;/h1-4,9,13-14,17,20,22-23,26H,5-8,10H2,(H,21,27);1H. The first kappa shape index (κ1) is 21.0. The minimum atomic E-state index is -0.320. The van der Waals surface area contributed by atoms with E-state index in [2.05, 4.69) is 26.6 Å². The largest absolute Gasteiger partial charge is 0.394 e. The predicted octanol–water partition coefficient (Wildman–Crippen LogP) is 1.01. The average Bonchev–Trinajstić information content (AvgIpc) is 3.27. The molecule has 0 bridgehead atoms. The summed E-state index contributed by atoms with van der Waals surface area (Å²) >= 11 is 5.95. The van der Waals surface area contributed by atoms with Crippen LogP contribution in [0.5, 0.6) is 0 Å². The highest BCUT2D eigenvalue weighted by atomic mass is 35.5. The summed E-state index contributed by atoms with van der Waals surface area (Å²) in [6.45, 7) is 1.99. The fourth-order valence-corrected chi connectivity index (χ4v) is 3.85. The molecule has 0 spiro atoms. The van der Waals surface area contributed by atoms with Gasteiger partial charge in [-0.2, -0.15) is 5.10 Å². The number of aliphatic hydroxyl groups is 1. The Hall–Kier alpha value is -1.68. The fraction of sp³-hybridized carbons (Fsp3) is 0.444. The van der Waals surface area contributed by atoms with Crippen LogP contribution in [0.1, 0.15) is 6.42 Å². The highest BCUT2D eigenvalue weighted by Gasteiger charge is 2.41. The van der Waals surface area contributed by atoms with Gasteiger partial charge in [-0.25, -0.2) is 10.1 Å². The molecule has 0 radical (unpaired) electrons. The van der Waals surface area contributed by atoms with Crippen LogP contribution in [0.3, 0.4) is 0 Å². The zero-order chi connectivity index (χ0) is 18.8. The van der Waals surface area contributed by atoms with E-state index in [0.29, 0.717) is 29.1 Å². The Morgan fingerprint density at radius 3 is 2.86 bits per heavy atom. The van der Waals surface area contributed by atoms with Crippen molar-refractivity contribution in [3.63, 3.8) is 0 Å². The second kappa shape index (κ2) is 9.21. The molecule has 1 amide bonds. The van der Waals surface area contributed by atoms with Gasteiger partial charge in [0.2, 0.25) is 5.91 Å². The lowest BCUT2D eigenvalue weighted by atomic mass is 9.89. The quantitative estimate of drug-likeness (QED) is 0.488. The Bertz CT molecular complexity index is 813. The monoisotopic (exact) mass is 426 g/mol. The van der Waals surface area contributed by atoms with Gasteiger partial charge in [-0.05, 0) is 25.1 Å². The van der Waals surface area contributed by atoms with Crippen LogP contribution in [-0.4, -0.2) is 52.6 Å². The number of halogens is 2. The Balaban J connectivity index is 0.00000225. The zero-order valence-corrected chi connectivity index (χ0v) is 16.8. The van der Waals surface area contributed by atoms with E-state index >= 15 is 0 Å². The van der Waals surface area contributed by atoms with E-state index in [1.807, 2.05) is 18.2 Å². The minimum Gasteiger partial charge on any atom is -0.394 e. The van der Waals surface area contributed by atoms with Crippen LogP contribution in [0.2, 0.25) is 5.02 Å². The molecule has 0 saturated carbocycles. The van der Waals surface area contributed by atoms with E-state index in [-0.39, 0.29) is 36.9 Å². The lowest BCUT2D eigenvalue weighted by molar-refractivity contribution is -0.118. The minimum absolute atomic E-state index is 0. The number of nitrogens with zero attached hydrogens (tertiary/aromatic N) is 2. The molecule has 2 aliphatic heterocycles. The maximum Gasteiger partial charge on any atom is 0.244 e. The zero-order valence-electron chi connectivity index (χ0n) is 15.2. The SMILES string of the molecule is Cl.O=C(Nc1cc(-c2ccc(Cl)cc2)nn1CCO)C1NNC2CCNCC21. The number of carbonyl (C=O) groups is 1. The second-order valence-corrected chi connectivity index (χ2v) is 7.32. The van der Waals surface area contributed by atoms with Crippen LogP contribution in [-0.2, 0) is 11.3 Å². The number of fused-ring (bicyclic) bond motifs is 1. The number of aromatic nitrogens is 2. The van der Waals surface area contributed by atoms with E-state index in [4.69, 9.17) is 11.6 Å². The average molecular weight is 427 g/mol. The van der Waals surface area contributed by atoms with Crippen molar-refractivity contribution < 1.29 is 9.90 Å². The molecule has 3 atom stereocenters. The normalized spacial score (nSPS) is 23.7. The molecule has 2 aliphatic rings. The smallest absolute Gasteiger partial charge is 0.244 e. The number of nitrogens with one attached hydrogen (secondary N) is 4. The first-order valence-electron chi connectivity index (χ1n) is 9.13. The maximum atomic E-state index is 12.9. The lowest BCUT2D eigenvalue weighted by Gasteiger charge is -2.27. The van der Waals surface area contributed by atoms with Gasteiger partial charge in [-0.3, -0.25) is 10.2 Å². The topological polar surface area (TPSA) is 103 Å². The van der Waals surface area contributed by atoms with Crippen molar-refractivity contribution in [2.45, 2.75) is 25.0 Å². The molecule has 4 rings (SSSR count). The number of hydrogen-bond acceptors (Lipinski definition) is 6. The van der Waals surface area contributed by atoms with Gasteiger partial charge in [-0.15, -0.1) is 12.4 Å². The first-order valence-corrected chi connectivity index (χ1v) is 9.51. The van der Waals surface area contributed by atoms with Gasteiger partial charge < -0.3 is 15.7 Å². The number of hydrazine groups is 1. The highest BCUT2D eigenvalue weighted by molar-refractivity contribution is 6.30. The molecule has 1 aromatic carbocycles. The molecule has 152 valence electrons. The van der Waals surface area contributed by atoms with Gasteiger partial charge in [0.15, 0.2) is 0 Å². The third kappa shape index (κ3) is 4.32. The Morgan fingerprint density at radius 1 is 1.32 bits per heavy atom. The molecule has 2 saturated heterocycles. The Kier molecular flexibility index (Phi) is 6.92. The summed E-state index contributed by atoms with van der Waals surface area (Å²) in [5.41, 5.74) is 7.95. The van der Waals surface area contributed by atoms with Gasteiger partial charge in [0.1, 0.15) is 11.9 Å². The summed E-state index contributed by atoms with van der Waals surface area (Å²) in [6.07, 6.45) is 0.991. The number of hydrogen-bond donors (Lipinski definition) is 5. The lowest BCUT2D eigenvalue weighted by Crippen LogP contribution is -2.47. The van der Waals surface area contributed by atoms with Crippen molar-refractivity contribution in [3.05, 3.63) is 35.4 Å². The van der Waals surface area contributed by atoms with E-state index < -0.39 is 0 Å². The molecule has 0 aliphatic carbocycles. The van der Waals surface area contributed by atoms with Crippen LogP contribution in [0.15, 0.2) is 30.3 Å². The van der Waals surface area contributed by atoms with E-state index in [1.54, 1.807) is 16.8 Å². The summed E-state index contributed by atoms with van der Waals surface area (Å²) in [5, 5.41) is 20.8. The molecule has 8 nitrogen and oxygen atoms in total. The molecule has 28 heavy (non-hydrogen) atoms. The third-order valence-electron chi connectivity index (χ3n) is 5.15. The van der Waals surface area contributed by atoms with Crippen LogP contribution < -0.4 is 21.5 Å². The summed E-state index contributed by atoms with van der Waals surface area (Å²) in [5.74, 6) is 0.650. The van der Waals surface area contributed by atoms with Gasteiger partial charge >= 0.3 is 0 Å². The first-order chi connectivity index (χ1) is 13.2. The van der Waals surface area contributed by atoms with Crippen molar-refractivity contribution in [1.82, 2.24) is 25.9 Å². The van der Waals surface area contributed by atoms with Gasteiger partial charge in [-0.1, -0.05) is 23.7 Å². The van der Waals surface area contributed by atoms with E-state index in [9.17, 15) is 9.90 Å². The number of amides is 1. The molecule has 5 N–H and O–H groups in total. The molecular formula is C18H24Cl2N6O2. The maximum absolute atomic E-state index is 12.9. The van der Waals surface area contributed by atoms with Crippen molar-refractivity contribution in [2.24, 2.45) is 5.92 Å². The number of benzene rings is 1. The Morgan fingerprint density at radius 2 is 2.11 bits per heavy atom. The molecule has 2 aromatic rings. The predicted molar refractivity (Wildman–Crippen MR) is 110 cm³/mol.